The Morgan fingerprint density at radius 2 is 2.11 bits per heavy atom. The number of amides is 2. The summed E-state index contributed by atoms with van der Waals surface area (Å²) in [5.74, 6) is 1.82. The van der Waals surface area contributed by atoms with Gasteiger partial charge in [-0.15, -0.1) is 6.42 Å². The Hall–Kier alpha value is -1.74. The van der Waals surface area contributed by atoms with Crippen LogP contribution in [0.2, 0.25) is 0 Å². The maximum atomic E-state index is 12.3. The average Bonchev–Trinajstić information content (AvgIpc) is 3.08. The van der Waals surface area contributed by atoms with Crippen molar-refractivity contribution < 1.29 is 19.8 Å². The molecule has 104 valence electrons. The summed E-state index contributed by atoms with van der Waals surface area (Å²) in [5.41, 5.74) is 0. The third-order valence-electron chi connectivity index (χ3n) is 3.54. The summed E-state index contributed by atoms with van der Waals surface area (Å²) in [6.45, 7) is 0.803. The number of likely N-dealkylation sites (tertiary alicyclic amines) is 1. The molecule has 0 aromatic rings. The molecule has 0 aromatic heterocycles. The molecule has 2 amide bonds. The van der Waals surface area contributed by atoms with Crippen LogP contribution < -0.4 is 0 Å². The van der Waals surface area contributed by atoms with Gasteiger partial charge in [0.05, 0.1) is 12.6 Å². The zero-order valence-electron chi connectivity index (χ0n) is 10.7. The van der Waals surface area contributed by atoms with Crippen molar-refractivity contribution in [1.82, 2.24) is 9.80 Å². The molecular formula is C13H18N2O4. The second kappa shape index (κ2) is 5.49. The number of urea groups is 1. The van der Waals surface area contributed by atoms with Gasteiger partial charge in [0.2, 0.25) is 0 Å². The molecule has 0 bridgehead atoms. The van der Waals surface area contributed by atoms with Gasteiger partial charge in [-0.1, -0.05) is 5.92 Å². The number of hydrogen-bond acceptors (Lipinski definition) is 3. The summed E-state index contributed by atoms with van der Waals surface area (Å²) in [6.07, 6.45) is 6.72. The van der Waals surface area contributed by atoms with E-state index in [1.165, 1.54) is 9.80 Å². The molecule has 2 atom stereocenters. The number of carbonyl (C=O) groups excluding carboxylic acids is 1. The van der Waals surface area contributed by atoms with Gasteiger partial charge in [-0.05, 0) is 18.8 Å². The Morgan fingerprint density at radius 1 is 1.42 bits per heavy atom. The summed E-state index contributed by atoms with van der Waals surface area (Å²) in [4.78, 5) is 26.2. The number of β-amino-alcohol motifs (C(OH)–C–C–N with tert-alkyl or cyclic N) is 1. The molecule has 1 aliphatic carbocycles. The number of hydrogen-bond donors (Lipinski definition) is 2. The summed E-state index contributed by atoms with van der Waals surface area (Å²) in [6, 6.07) is -1.34. The lowest BCUT2D eigenvalue weighted by Gasteiger charge is -2.29. The SMILES string of the molecule is C#CCN(CC1CC1)C(=O)N1C[C@@H](O)C[C@H]1C(=O)O. The molecule has 1 saturated carbocycles. The van der Waals surface area contributed by atoms with Crippen LogP contribution in [0.3, 0.4) is 0 Å². The molecule has 2 fully saturated rings. The van der Waals surface area contributed by atoms with Crippen LogP contribution in [0, 0.1) is 18.3 Å². The lowest BCUT2D eigenvalue weighted by Crippen LogP contribution is -2.48. The molecule has 0 unspecified atom stereocenters. The molecule has 0 aromatic carbocycles. The van der Waals surface area contributed by atoms with Crippen molar-refractivity contribution in [3.63, 3.8) is 0 Å². The zero-order valence-corrected chi connectivity index (χ0v) is 10.7. The fourth-order valence-corrected chi connectivity index (χ4v) is 2.37. The molecule has 6 heteroatoms. The minimum atomic E-state index is -1.09. The van der Waals surface area contributed by atoms with Crippen LogP contribution >= 0.6 is 0 Å². The normalized spacial score (nSPS) is 26.0. The smallest absolute Gasteiger partial charge is 0.326 e. The first-order valence-electron chi connectivity index (χ1n) is 6.42. The monoisotopic (exact) mass is 266 g/mol. The predicted octanol–water partition coefficient (Wildman–Crippen LogP) is -0.0286. The first-order valence-corrected chi connectivity index (χ1v) is 6.42. The average molecular weight is 266 g/mol. The molecule has 2 rings (SSSR count). The lowest BCUT2D eigenvalue weighted by atomic mass is 10.2. The highest BCUT2D eigenvalue weighted by atomic mass is 16.4. The molecule has 0 radical (unpaired) electrons. The molecule has 2 aliphatic rings. The van der Waals surface area contributed by atoms with Gasteiger partial charge in [0, 0.05) is 19.5 Å². The molecule has 6 nitrogen and oxygen atoms in total. The quantitative estimate of drug-likeness (QED) is 0.700. The van der Waals surface area contributed by atoms with Crippen molar-refractivity contribution in [3.05, 3.63) is 0 Å². The van der Waals surface area contributed by atoms with Gasteiger partial charge in [0.1, 0.15) is 6.04 Å². The highest BCUT2D eigenvalue weighted by Gasteiger charge is 2.41. The summed E-state index contributed by atoms with van der Waals surface area (Å²) < 4.78 is 0. The maximum Gasteiger partial charge on any atom is 0.326 e. The predicted molar refractivity (Wildman–Crippen MR) is 67.3 cm³/mol. The van der Waals surface area contributed by atoms with Gasteiger partial charge in [-0.25, -0.2) is 9.59 Å². The third kappa shape index (κ3) is 3.18. The molecular weight excluding hydrogens is 248 g/mol. The maximum absolute atomic E-state index is 12.3. The van der Waals surface area contributed by atoms with Crippen LogP contribution in [0.4, 0.5) is 4.79 Å². The van der Waals surface area contributed by atoms with Crippen LogP contribution in [-0.2, 0) is 4.79 Å². The topological polar surface area (TPSA) is 81.1 Å². The number of aliphatic hydroxyl groups excluding tert-OH is 1. The number of carboxylic acid groups (broad SMARTS) is 1. The van der Waals surface area contributed by atoms with Gasteiger partial charge in [-0.2, -0.15) is 0 Å². The molecule has 1 saturated heterocycles. The van der Waals surface area contributed by atoms with E-state index in [2.05, 4.69) is 5.92 Å². The highest BCUT2D eigenvalue weighted by Crippen LogP contribution is 2.30. The number of terminal acetylenes is 1. The Morgan fingerprint density at radius 3 is 2.63 bits per heavy atom. The first kappa shape index (κ1) is 13.7. The first-order chi connectivity index (χ1) is 9.02. The van der Waals surface area contributed by atoms with E-state index in [1.54, 1.807) is 0 Å². The van der Waals surface area contributed by atoms with Crippen LogP contribution in [0.1, 0.15) is 19.3 Å². The van der Waals surface area contributed by atoms with Crippen LogP contribution in [0.15, 0.2) is 0 Å². The van der Waals surface area contributed by atoms with E-state index >= 15 is 0 Å². The van der Waals surface area contributed by atoms with E-state index in [4.69, 9.17) is 11.5 Å². The van der Waals surface area contributed by atoms with Crippen LogP contribution in [-0.4, -0.2) is 63.8 Å². The van der Waals surface area contributed by atoms with Gasteiger partial charge in [0.25, 0.3) is 0 Å². The second-order valence-electron chi connectivity index (χ2n) is 5.21. The van der Waals surface area contributed by atoms with E-state index in [9.17, 15) is 14.7 Å². The fourth-order valence-electron chi connectivity index (χ4n) is 2.37. The zero-order chi connectivity index (χ0) is 14.0. The Kier molecular flexibility index (Phi) is 3.96. The fraction of sp³-hybridized carbons (Fsp3) is 0.692. The summed E-state index contributed by atoms with van der Waals surface area (Å²) >= 11 is 0. The molecule has 19 heavy (non-hydrogen) atoms. The largest absolute Gasteiger partial charge is 0.480 e. The Bertz CT molecular complexity index is 413. The van der Waals surface area contributed by atoms with Crippen molar-refractivity contribution in [1.29, 1.82) is 0 Å². The molecule has 2 N–H and O–H groups in total. The van der Waals surface area contributed by atoms with Crippen molar-refractivity contribution >= 4 is 12.0 Å². The highest BCUT2D eigenvalue weighted by molar-refractivity contribution is 5.83. The van der Waals surface area contributed by atoms with Gasteiger partial charge >= 0.3 is 12.0 Å². The van der Waals surface area contributed by atoms with E-state index in [0.29, 0.717) is 12.5 Å². The van der Waals surface area contributed by atoms with Crippen molar-refractivity contribution in [3.8, 4) is 12.3 Å². The van der Waals surface area contributed by atoms with Gasteiger partial charge < -0.3 is 20.0 Å². The Labute approximate surface area is 112 Å². The second-order valence-corrected chi connectivity index (χ2v) is 5.21. The minimum Gasteiger partial charge on any atom is -0.480 e. The van der Waals surface area contributed by atoms with E-state index in [-0.39, 0.29) is 25.5 Å². The van der Waals surface area contributed by atoms with E-state index in [1.807, 2.05) is 0 Å². The molecule has 1 heterocycles. The van der Waals surface area contributed by atoms with Crippen LogP contribution in [0.5, 0.6) is 0 Å². The third-order valence-corrected chi connectivity index (χ3v) is 3.54. The number of carbonyl (C=O) groups is 2. The summed E-state index contributed by atoms with van der Waals surface area (Å²) in [7, 11) is 0. The lowest BCUT2D eigenvalue weighted by molar-refractivity contribution is -0.141. The van der Waals surface area contributed by atoms with Crippen molar-refractivity contribution in [2.45, 2.75) is 31.4 Å². The van der Waals surface area contributed by atoms with E-state index in [0.717, 1.165) is 12.8 Å². The number of rotatable bonds is 4. The van der Waals surface area contributed by atoms with Crippen LogP contribution in [0.25, 0.3) is 0 Å². The van der Waals surface area contributed by atoms with Crippen molar-refractivity contribution in [2.75, 3.05) is 19.6 Å². The van der Waals surface area contributed by atoms with Crippen molar-refractivity contribution in [2.24, 2.45) is 5.92 Å². The van der Waals surface area contributed by atoms with Gasteiger partial charge in [-0.3, -0.25) is 0 Å². The number of aliphatic carboxylic acids is 1. The summed E-state index contributed by atoms with van der Waals surface area (Å²) in [5, 5.41) is 18.7. The minimum absolute atomic E-state index is 0.0571. The standard InChI is InChI=1S/C13H18N2O4/c1-2-5-14(7-9-3-4-9)13(19)15-8-10(16)6-11(15)12(17)18/h1,9-11,16H,3-8H2,(H,17,18)/t10-,11-/m0/s1. The molecule has 0 spiro atoms. The number of nitrogens with zero attached hydrogens (tertiary/aromatic N) is 2. The number of aliphatic hydroxyl groups is 1. The molecule has 1 aliphatic heterocycles. The number of carboxylic acids is 1. The Balaban J connectivity index is 2.06. The van der Waals surface area contributed by atoms with Gasteiger partial charge in [0.15, 0.2) is 0 Å². The van der Waals surface area contributed by atoms with E-state index < -0.39 is 18.1 Å².